The van der Waals surface area contributed by atoms with Crippen LogP contribution in [0, 0.1) is 5.82 Å². The number of hydrogen-bond donors (Lipinski definition) is 3. The van der Waals surface area contributed by atoms with E-state index in [-0.39, 0.29) is 24.2 Å². The lowest BCUT2D eigenvalue weighted by Crippen LogP contribution is -3.09. The van der Waals surface area contributed by atoms with E-state index in [1.54, 1.807) is 19.1 Å². The Bertz CT molecular complexity index is 491. The molecular formula is C16H25FN3O2+. The molecule has 0 bridgehead atoms. The molecule has 0 aliphatic carbocycles. The Labute approximate surface area is 130 Å². The number of hydrogen-bond acceptors (Lipinski definition) is 2. The van der Waals surface area contributed by atoms with Crippen LogP contribution in [-0.2, 0) is 16.1 Å². The van der Waals surface area contributed by atoms with E-state index in [2.05, 4.69) is 10.6 Å². The van der Waals surface area contributed by atoms with Crippen molar-refractivity contribution in [2.45, 2.75) is 32.9 Å². The van der Waals surface area contributed by atoms with E-state index in [0.717, 1.165) is 16.9 Å². The summed E-state index contributed by atoms with van der Waals surface area (Å²) >= 11 is 0. The van der Waals surface area contributed by atoms with Crippen LogP contribution in [0.25, 0.3) is 0 Å². The topological polar surface area (TPSA) is 62.6 Å². The van der Waals surface area contributed by atoms with Gasteiger partial charge in [0.1, 0.15) is 18.4 Å². The molecule has 0 saturated carbocycles. The third kappa shape index (κ3) is 6.67. The van der Waals surface area contributed by atoms with E-state index in [9.17, 15) is 14.0 Å². The number of halogens is 1. The summed E-state index contributed by atoms with van der Waals surface area (Å²) in [6.07, 6.45) is 0.858. The monoisotopic (exact) mass is 310 g/mol. The first kappa shape index (κ1) is 18.1. The summed E-state index contributed by atoms with van der Waals surface area (Å²) < 4.78 is 12.8. The maximum atomic E-state index is 12.8. The minimum absolute atomic E-state index is 0.175. The molecule has 0 aliphatic heterocycles. The number of carbonyl (C=O) groups excluding carboxylic acids is 2. The second-order valence-corrected chi connectivity index (χ2v) is 5.52. The normalized spacial score (nSPS) is 13.3. The minimum atomic E-state index is -0.544. The summed E-state index contributed by atoms with van der Waals surface area (Å²) in [5.41, 5.74) is 0.959. The van der Waals surface area contributed by atoms with Gasteiger partial charge in [0.05, 0.1) is 7.05 Å². The Morgan fingerprint density at radius 1 is 1.27 bits per heavy atom. The molecule has 22 heavy (non-hydrogen) atoms. The molecule has 1 unspecified atom stereocenters. The fourth-order valence-corrected chi connectivity index (χ4v) is 2.05. The van der Waals surface area contributed by atoms with Crippen LogP contribution in [0.15, 0.2) is 24.3 Å². The van der Waals surface area contributed by atoms with E-state index in [1.165, 1.54) is 12.1 Å². The van der Waals surface area contributed by atoms with Crippen molar-refractivity contribution in [1.29, 1.82) is 0 Å². The van der Waals surface area contributed by atoms with Crippen molar-refractivity contribution in [2.75, 3.05) is 20.1 Å². The summed E-state index contributed by atoms with van der Waals surface area (Å²) in [5.74, 6) is -0.629. The van der Waals surface area contributed by atoms with Crippen LogP contribution in [0.4, 0.5) is 4.39 Å². The summed E-state index contributed by atoms with van der Waals surface area (Å²) in [6.45, 7) is 5.11. The first-order chi connectivity index (χ1) is 10.4. The summed E-state index contributed by atoms with van der Waals surface area (Å²) in [5, 5.41) is 5.42. The van der Waals surface area contributed by atoms with Crippen LogP contribution >= 0.6 is 0 Å². The maximum absolute atomic E-state index is 12.8. The highest BCUT2D eigenvalue weighted by Gasteiger charge is 2.17. The standard InChI is InChI=1S/C16H24FN3O2/c1-4-9-18-16(22)12(2)19-15(21)11-20(3)10-13-5-7-14(17)8-6-13/h5-8,12H,4,9-11H2,1-3H3,(H,18,22)(H,19,21)/p+1/t12-/m0/s1. The van der Waals surface area contributed by atoms with Gasteiger partial charge in [-0.3, -0.25) is 9.59 Å². The van der Waals surface area contributed by atoms with Crippen molar-refractivity contribution in [2.24, 2.45) is 0 Å². The van der Waals surface area contributed by atoms with Gasteiger partial charge in [-0.1, -0.05) is 19.1 Å². The van der Waals surface area contributed by atoms with Crippen molar-refractivity contribution >= 4 is 11.8 Å². The Morgan fingerprint density at radius 2 is 1.91 bits per heavy atom. The molecule has 0 spiro atoms. The first-order valence-electron chi connectivity index (χ1n) is 7.55. The molecule has 0 aromatic heterocycles. The number of carbonyl (C=O) groups is 2. The molecule has 0 saturated heterocycles. The molecule has 0 heterocycles. The van der Waals surface area contributed by atoms with Gasteiger partial charge >= 0.3 is 0 Å². The average Bonchev–Trinajstić information content (AvgIpc) is 2.46. The molecule has 0 radical (unpaired) electrons. The summed E-state index contributed by atoms with van der Waals surface area (Å²) in [4.78, 5) is 24.6. The van der Waals surface area contributed by atoms with Crippen molar-refractivity contribution in [3.63, 3.8) is 0 Å². The molecule has 122 valence electrons. The molecule has 0 fully saturated rings. The van der Waals surface area contributed by atoms with Gasteiger partial charge in [0, 0.05) is 12.1 Å². The Morgan fingerprint density at radius 3 is 2.50 bits per heavy atom. The lowest BCUT2D eigenvalue weighted by molar-refractivity contribution is -0.885. The molecule has 6 heteroatoms. The van der Waals surface area contributed by atoms with Gasteiger partial charge < -0.3 is 15.5 Å². The Balaban J connectivity index is 2.37. The van der Waals surface area contributed by atoms with Gasteiger partial charge in [-0.05, 0) is 25.5 Å². The molecule has 0 aliphatic rings. The van der Waals surface area contributed by atoms with Gasteiger partial charge in [-0.15, -0.1) is 0 Å². The van der Waals surface area contributed by atoms with E-state index in [4.69, 9.17) is 0 Å². The van der Waals surface area contributed by atoms with E-state index < -0.39 is 6.04 Å². The fraction of sp³-hybridized carbons (Fsp3) is 0.500. The van der Waals surface area contributed by atoms with Crippen LogP contribution in [0.2, 0.25) is 0 Å². The van der Waals surface area contributed by atoms with E-state index >= 15 is 0 Å². The highest BCUT2D eigenvalue weighted by atomic mass is 19.1. The van der Waals surface area contributed by atoms with Gasteiger partial charge in [-0.25, -0.2) is 4.39 Å². The third-order valence-electron chi connectivity index (χ3n) is 3.20. The average molecular weight is 310 g/mol. The predicted molar refractivity (Wildman–Crippen MR) is 82.8 cm³/mol. The number of nitrogens with one attached hydrogen (secondary N) is 3. The third-order valence-corrected chi connectivity index (χ3v) is 3.20. The molecule has 1 aromatic carbocycles. The smallest absolute Gasteiger partial charge is 0.275 e. The summed E-state index contributed by atoms with van der Waals surface area (Å²) in [7, 11) is 1.88. The van der Waals surface area contributed by atoms with Crippen LogP contribution in [0.5, 0.6) is 0 Å². The summed E-state index contributed by atoms with van der Waals surface area (Å²) in [6, 6.07) is 5.68. The van der Waals surface area contributed by atoms with Crippen LogP contribution in [0.3, 0.4) is 0 Å². The minimum Gasteiger partial charge on any atom is -0.354 e. The van der Waals surface area contributed by atoms with Crippen molar-refractivity contribution in [3.05, 3.63) is 35.6 Å². The van der Waals surface area contributed by atoms with Crippen molar-refractivity contribution < 1.29 is 18.9 Å². The second kappa shape index (κ2) is 9.15. The lowest BCUT2D eigenvalue weighted by Gasteiger charge is -2.17. The number of amides is 2. The molecule has 2 amide bonds. The molecule has 5 nitrogen and oxygen atoms in total. The van der Waals surface area contributed by atoms with Crippen LogP contribution in [-0.4, -0.2) is 38.0 Å². The van der Waals surface area contributed by atoms with Gasteiger partial charge in [0.15, 0.2) is 6.54 Å². The van der Waals surface area contributed by atoms with Crippen LogP contribution < -0.4 is 15.5 Å². The van der Waals surface area contributed by atoms with Gasteiger partial charge in [0.25, 0.3) is 5.91 Å². The molecule has 1 rings (SSSR count). The highest BCUT2D eigenvalue weighted by molar-refractivity contribution is 5.87. The number of quaternary nitrogens is 1. The number of benzene rings is 1. The molecule has 3 N–H and O–H groups in total. The quantitative estimate of drug-likeness (QED) is 0.626. The number of rotatable bonds is 8. The molecule has 1 aromatic rings. The fourth-order valence-electron chi connectivity index (χ4n) is 2.05. The van der Waals surface area contributed by atoms with Crippen molar-refractivity contribution in [1.82, 2.24) is 10.6 Å². The molecular weight excluding hydrogens is 285 g/mol. The Hall–Kier alpha value is -1.95. The molecule has 2 atom stereocenters. The zero-order chi connectivity index (χ0) is 16.5. The van der Waals surface area contributed by atoms with Crippen molar-refractivity contribution in [3.8, 4) is 0 Å². The van der Waals surface area contributed by atoms with E-state index in [0.29, 0.717) is 13.1 Å². The SMILES string of the molecule is CCCNC(=O)[C@H](C)NC(=O)C[NH+](C)Cc1ccc(F)cc1. The maximum Gasteiger partial charge on any atom is 0.275 e. The second-order valence-electron chi connectivity index (χ2n) is 5.52. The predicted octanol–water partition coefficient (Wildman–Crippen LogP) is -0.129. The van der Waals surface area contributed by atoms with Gasteiger partial charge in [-0.2, -0.15) is 0 Å². The zero-order valence-corrected chi connectivity index (χ0v) is 13.4. The van der Waals surface area contributed by atoms with Crippen LogP contribution in [0.1, 0.15) is 25.8 Å². The zero-order valence-electron chi connectivity index (χ0n) is 13.4. The Kier molecular flexibility index (Phi) is 7.52. The number of likely N-dealkylation sites (N-methyl/N-ethyl adjacent to an activating group) is 1. The van der Waals surface area contributed by atoms with Gasteiger partial charge in [0.2, 0.25) is 5.91 Å². The van der Waals surface area contributed by atoms with E-state index in [1.807, 2.05) is 14.0 Å². The largest absolute Gasteiger partial charge is 0.354 e. The highest BCUT2D eigenvalue weighted by Crippen LogP contribution is 2.00. The first-order valence-corrected chi connectivity index (χ1v) is 7.55. The lowest BCUT2D eigenvalue weighted by atomic mass is 10.2.